The van der Waals surface area contributed by atoms with Crippen LogP contribution in [-0.4, -0.2) is 15.8 Å². The van der Waals surface area contributed by atoms with Crippen LogP contribution in [0.1, 0.15) is 33.2 Å². The van der Waals surface area contributed by atoms with Crippen molar-refractivity contribution in [3.63, 3.8) is 0 Å². The first-order valence-electron chi connectivity index (χ1n) is 6.15. The van der Waals surface area contributed by atoms with Gasteiger partial charge in [-0.1, -0.05) is 0 Å². The molecule has 0 aliphatic carbocycles. The quantitative estimate of drug-likeness (QED) is 0.512. The zero-order valence-electron chi connectivity index (χ0n) is 11.5. The Kier molecular flexibility index (Phi) is 4.18. The van der Waals surface area contributed by atoms with Crippen LogP contribution in [0.25, 0.3) is 0 Å². The molecule has 0 aliphatic rings. The number of carbonyl (C=O) groups is 1. The smallest absolute Gasteiger partial charge is 0.282 e. The van der Waals surface area contributed by atoms with Crippen molar-refractivity contribution in [3.8, 4) is 0 Å². The summed E-state index contributed by atoms with van der Waals surface area (Å²) < 4.78 is 0. The van der Waals surface area contributed by atoms with Crippen molar-refractivity contribution in [1.29, 1.82) is 0 Å². The summed E-state index contributed by atoms with van der Waals surface area (Å²) in [6.07, 6.45) is 1.71. The molecular formula is C13H14N4O3S. The van der Waals surface area contributed by atoms with E-state index in [2.05, 4.69) is 10.3 Å². The maximum atomic E-state index is 12.2. The molecule has 1 aromatic heterocycles. The topological polar surface area (TPSA) is 111 Å². The molecule has 3 N–H and O–H groups in total. The highest BCUT2D eigenvalue weighted by Crippen LogP contribution is 2.23. The highest BCUT2D eigenvalue weighted by molar-refractivity contribution is 7.11. The number of nitrogen functional groups attached to an aromatic ring is 1. The van der Waals surface area contributed by atoms with Crippen molar-refractivity contribution >= 4 is 28.6 Å². The van der Waals surface area contributed by atoms with Crippen molar-refractivity contribution in [1.82, 2.24) is 10.3 Å². The number of nitro groups is 1. The minimum Gasteiger partial charge on any atom is -0.399 e. The lowest BCUT2D eigenvalue weighted by Crippen LogP contribution is -2.27. The Morgan fingerprint density at radius 2 is 2.24 bits per heavy atom. The fourth-order valence-electron chi connectivity index (χ4n) is 1.80. The monoisotopic (exact) mass is 306 g/mol. The fraction of sp³-hybridized carbons (Fsp3) is 0.231. The molecule has 0 aliphatic heterocycles. The zero-order chi connectivity index (χ0) is 15.6. The Balaban J connectivity index is 2.24. The third-order valence-electron chi connectivity index (χ3n) is 2.82. The van der Waals surface area contributed by atoms with Gasteiger partial charge in [0, 0.05) is 22.8 Å². The van der Waals surface area contributed by atoms with Crippen molar-refractivity contribution in [2.75, 3.05) is 5.73 Å². The minimum atomic E-state index is -0.605. The first kappa shape index (κ1) is 14.9. The van der Waals surface area contributed by atoms with Gasteiger partial charge in [0.15, 0.2) is 0 Å². The number of aryl methyl sites for hydroxylation is 1. The van der Waals surface area contributed by atoms with E-state index in [4.69, 9.17) is 5.73 Å². The number of nitro benzene ring substituents is 1. The predicted molar refractivity (Wildman–Crippen MR) is 80.2 cm³/mol. The molecule has 0 saturated heterocycles. The third-order valence-corrected chi connectivity index (χ3v) is 3.91. The molecule has 8 heteroatoms. The summed E-state index contributed by atoms with van der Waals surface area (Å²) in [7, 11) is 0. The van der Waals surface area contributed by atoms with Crippen molar-refractivity contribution in [2.24, 2.45) is 0 Å². The van der Waals surface area contributed by atoms with E-state index in [1.54, 1.807) is 13.1 Å². The standard InChI is InChI=1S/C13H14N4O3S/c1-7-6-15-13(21-7)8(2)16-12(18)10-5-9(14)3-4-11(10)17(19)20/h3-6,8H,14H2,1-2H3,(H,16,18). The molecule has 2 rings (SSSR count). The van der Waals surface area contributed by atoms with Gasteiger partial charge in [-0.25, -0.2) is 4.98 Å². The van der Waals surface area contributed by atoms with Crippen LogP contribution < -0.4 is 11.1 Å². The molecule has 1 heterocycles. The Morgan fingerprint density at radius 3 is 2.81 bits per heavy atom. The minimum absolute atomic E-state index is 0.0554. The number of hydrogen-bond donors (Lipinski definition) is 2. The van der Waals surface area contributed by atoms with E-state index in [0.29, 0.717) is 5.69 Å². The van der Waals surface area contributed by atoms with Crippen LogP contribution in [0.2, 0.25) is 0 Å². The number of hydrogen-bond acceptors (Lipinski definition) is 6. The summed E-state index contributed by atoms with van der Waals surface area (Å²) in [5, 5.41) is 14.4. The SMILES string of the molecule is Cc1cnc(C(C)NC(=O)c2cc(N)ccc2[N+](=O)[O-])s1. The number of nitrogens with one attached hydrogen (secondary N) is 1. The van der Waals surface area contributed by atoms with Crippen LogP contribution in [0, 0.1) is 17.0 Å². The first-order valence-corrected chi connectivity index (χ1v) is 6.97. The summed E-state index contributed by atoms with van der Waals surface area (Å²) >= 11 is 1.46. The number of carbonyl (C=O) groups excluding carboxylic acids is 1. The Hall–Kier alpha value is -2.48. The van der Waals surface area contributed by atoms with E-state index in [9.17, 15) is 14.9 Å². The molecule has 0 bridgehead atoms. The predicted octanol–water partition coefficient (Wildman–Crippen LogP) is 2.43. The lowest BCUT2D eigenvalue weighted by molar-refractivity contribution is -0.385. The molecule has 1 unspecified atom stereocenters. The number of benzene rings is 1. The summed E-state index contributed by atoms with van der Waals surface area (Å²) in [5.41, 5.74) is 5.56. The fourth-order valence-corrected chi connectivity index (χ4v) is 2.58. The third kappa shape index (κ3) is 3.34. The van der Waals surface area contributed by atoms with Gasteiger partial charge in [-0.15, -0.1) is 11.3 Å². The maximum Gasteiger partial charge on any atom is 0.282 e. The van der Waals surface area contributed by atoms with Crippen LogP contribution in [0.5, 0.6) is 0 Å². The molecule has 0 fully saturated rings. The molecule has 1 amide bonds. The number of aromatic nitrogens is 1. The van der Waals surface area contributed by atoms with Crippen molar-refractivity contribution < 1.29 is 9.72 Å². The van der Waals surface area contributed by atoms with E-state index in [1.165, 1.54) is 29.5 Å². The molecule has 7 nitrogen and oxygen atoms in total. The zero-order valence-corrected chi connectivity index (χ0v) is 12.3. The van der Waals surface area contributed by atoms with E-state index >= 15 is 0 Å². The van der Waals surface area contributed by atoms with E-state index in [0.717, 1.165) is 9.88 Å². The van der Waals surface area contributed by atoms with E-state index in [1.807, 2.05) is 6.92 Å². The number of thiazole rings is 1. The van der Waals surface area contributed by atoms with Gasteiger partial charge >= 0.3 is 0 Å². The molecule has 2 aromatic rings. The Bertz CT molecular complexity index is 698. The second-order valence-electron chi connectivity index (χ2n) is 4.54. The molecule has 0 spiro atoms. The van der Waals surface area contributed by atoms with Gasteiger partial charge in [0.25, 0.3) is 11.6 Å². The van der Waals surface area contributed by atoms with Crippen LogP contribution in [0.3, 0.4) is 0 Å². The highest BCUT2D eigenvalue weighted by atomic mass is 32.1. The normalized spacial score (nSPS) is 11.9. The summed E-state index contributed by atoms with van der Waals surface area (Å²) in [4.78, 5) is 27.8. The molecule has 0 radical (unpaired) electrons. The summed E-state index contributed by atoms with van der Waals surface area (Å²) in [5.74, 6) is -0.547. The number of nitrogens with two attached hydrogens (primary N) is 1. The van der Waals surface area contributed by atoms with Crippen LogP contribution in [-0.2, 0) is 0 Å². The number of rotatable bonds is 4. The average molecular weight is 306 g/mol. The highest BCUT2D eigenvalue weighted by Gasteiger charge is 2.22. The molecule has 1 atom stereocenters. The second-order valence-corrected chi connectivity index (χ2v) is 5.80. The number of nitrogens with zero attached hydrogens (tertiary/aromatic N) is 2. The molecule has 0 saturated carbocycles. The average Bonchev–Trinajstić information content (AvgIpc) is 2.85. The van der Waals surface area contributed by atoms with Gasteiger partial charge < -0.3 is 11.1 Å². The second kappa shape index (κ2) is 5.88. The first-order chi connectivity index (χ1) is 9.88. The van der Waals surface area contributed by atoms with E-state index in [-0.39, 0.29) is 17.3 Å². The molecule has 21 heavy (non-hydrogen) atoms. The number of anilines is 1. The maximum absolute atomic E-state index is 12.2. The largest absolute Gasteiger partial charge is 0.399 e. The molecular weight excluding hydrogens is 292 g/mol. The van der Waals surface area contributed by atoms with Crippen LogP contribution in [0.15, 0.2) is 24.4 Å². The van der Waals surface area contributed by atoms with Crippen molar-refractivity contribution in [3.05, 3.63) is 50.0 Å². The van der Waals surface area contributed by atoms with Crippen molar-refractivity contribution in [2.45, 2.75) is 19.9 Å². The lowest BCUT2D eigenvalue weighted by Gasteiger charge is -2.11. The molecule has 1 aromatic carbocycles. The van der Waals surface area contributed by atoms with Gasteiger partial charge in [-0.3, -0.25) is 14.9 Å². The van der Waals surface area contributed by atoms with Gasteiger partial charge in [0.2, 0.25) is 0 Å². The van der Waals surface area contributed by atoms with E-state index < -0.39 is 10.8 Å². The molecule has 110 valence electrons. The number of amides is 1. The summed E-state index contributed by atoms with van der Waals surface area (Å²) in [6, 6.07) is 3.58. The van der Waals surface area contributed by atoms with Crippen LogP contribution >= 0.6 is 11.3 Å². The van der Waals surface area contributed by atoms with Gasteiger partial charge in [0.1, 0.15) is 10.6 Å². The Morgan fingerprint density at radius 1 is 1.52 bits per heavy atom. The van der Waals surface area contributed by atoms with Gasteiger partial charge in [-0.05, 0) is 26.0 Å². The van der Waals surface area contributed by atoms with Gasteiger partial charge in [-0.2, -0.15) is 0 Å². The van der Waals surface area contributed by atoms with Crippen LogP contribution in [0.4, 0.5) is 11.4 Å². The van der Waals surface area contributed by atoms with Gasteiger partial charge in [0.05, 0.1) is 11.0 Å². The lowest BCUT2D eigenvalue weighted by atomic mass is 10.1. The Labute approximate surface area is 125 Å². The summed E-state index contributed by atoms with van der Waals surface area (Å²) in [6.45, 7) is 3.69.